The summed E-state index contributed by atoms with van der Waals surface area (Å²) in [5, 5.41) is 10.6. The number of nitrogens with zero attached hydrogens (tertiary/aromatic N) is 5. The van der Waals surface area contributed by atoms with Crippen molar-refractivity contribution in [2.45, 2.75) is 77.9 Å². The Labute approximate surface area is 253 Å². The smallest absolute Gasteiger partial charge is 0.410 e. The van der Waals surface area contributed by atoms with E-state index in [2.05, 4.69) is 15.5 Å². The topological polar surface area (TPSA) is 126 Å². The van der Waals surface area contributed by atoms with Crippen molar-refractivity contribution in [1.29, 1.82) is 0 Å². The SMILES string of the molecule is Cc1cc(Nc2cc(CC3CCN(C(=O)OC(C)(C)C)CC3)nc(C3CCN(C(=O)OCc4ccccc4)CC3)n2)n[nH]1. The van der Waals surface area contributed by atoms with E-state index in [1.165, 1.54) is 0 Å². The third-order valence-electron chi connectivity index (χ3n) is 7.85. The maximum absolute atomic E-state index is 12.7. The van der Waals surface area contributed by atoms with Gasteiger partial charge >= 0.3 is 12.2 Å². The monoisotopic (exact) mass is 589 g/mol. The summed E-state index contributed by atoms with van der Waals surface area (Å²) >= 11 is 0. The minimum Gasteiger partial charge on any atom is -0.445 e. The number of anilines is 2. The second-order valence-corrected chi connectivity index (χ2v) is 12.6. The molecule has 0 bridgehead atoms. The molecule has 2 N–H and O–H groups in total. The number of piperidine rings is 2. The molecule has 0 atom stereocenters. The fourth-order valence-electron chi connectivity index (χ4n) is 5.56. The maximum Gasteiger partial charge on any atom is 0.410 e. The molecule has 2 aliphatic rings. The van der Waals surface area contributed by atoms with Crippen molar-refractivity contribution < 1.29 is 19.1 Å². The van der Waals surface area contributed by atoms with Crippen LogP contribution in [0, 0.1) is 12.8 Å². The molecule has 230 valence electrons. The number of benzene rings is 1. The molecule has 11 heteroatoms. The van der Waals surface area contributed by atoms with Crippen molar-refractivity contribution in [2.75, 3.05) is 31.5 Å². The Bertz CT molecular complexity index is 1370. The van der Waals surface area contributed by atoms with Gasteiger partial charge in [0.1, 0.15) is 23.9 Å². The van der Waals surface area contributed by atoms with Crippen molar-refractivity contribution in [3.8, 4) is 0 Å². The highest BCUT2D eigenvalue weighted by atomic mass is 16.6. The van der Waals surface area contributed by atoms with Gasteiger partial charge in [-0.05, 0) is 71.3 Å². The van der Waals surface area contributed by atoms with E-state index in [-0.39, 0.29) is 24.7 Å². The minimum atomic E-state index is -0.500. The molecule has 4 heterocycles. The van der Waals surface area contributed by atoms with E-state index in [1.54, 1.807) is 9.80 Å². The van der Waals surface area contributed by atoms with Crippen molar-refractivity contribution >= 4 is 23.8 Å². The lowest BCUT2D eigenvalue weighted by molar-refractivity contribution is 0.0184. The average Bonchev–Trinajstić information content (AvgIpc) is 3.40. The van der Waals surface area contributed by atoms with Gasteiger partial charge < -0.3 is 24.6 Å². The Morgan fingerprint density at radius 2 is 1.60 bits per heavy atom. The predicted molar refractivity (Wildman–Crippen MR) is 163 cm³/mol. The number of aromatic nitrogens is 4. The summed E-state index contributed by atoms with van der Waals surface area (Å²) < 4.78 is 11.1. The van der Waals surface area contributed by atoms with Crippen molar-refractivity contribution in [3.63, 3.8) is 0 Å². The molecule has 0 spiro atoms. The lowest BCUT2D eigenvalue weighted by atomic mass is 9.91. The van der Waals surface area contributed by atoms with E-state index in [1.807, 2.05) is 70.2 Å². The van der Waals surface area contributed by atoms with Gasteiger partial charge in [-0.15, -0.1) is 0 Å². The number of likely N-dealkylation sites (tertiary alicyclic amines) is 2. The first kappa shape index (κ1) is 30.3. The Hall–Kier alpha value is -4.15. The number of H-pyrrole nitrogens is 1. The van der Waals surface area contributed by atoms with E-state index in [0.717, 1.165) is 54.9 Å². The van der Waals surface area contributed by atoms with Crippen LogP contribution in [0.5, 0.6) is 0 Å². The van der Waals surface area contributed by atoms with E-state index >= 15 is 0 Å². The number of hydrogen-bond acceptors (Lipinski definition) is 8. The van der Waals surface area contributed by atoms with Crippen LogP contribution in [-0.2, 0) is 22.5 Å². The Morgan fingerprint density at radius 1 is 0.930 bits per heavy atom. The fraction of sp³-hybridized carbons (Fsp3) is 0.531. The van der Waals surface area contributed by atoms with Crippen LogP contribution < -0.4 is 5.32 Å². The molecule has 0 aliphatic carbocycles. The van der Waals surface area contributed by atoms with E-state index < -0.39 is 5.60 Å². The summed E-state index contributed by atoms with van der Waals surface area (Å²) in [4.78, 5) is 38.7. The van der Waals surface area contributed by atoms with Gasteiger partial charge in [-0.3, -0.25) is 5.10 Å². The van der Waals surface area contributed by atoms with Gasteiger partial charge in [0.05, 0.1) is 0 Å². The second kappa shape index (κ2) is 13.4. The van der Waals surface area contributed by atoms with Crippen molar-refractivity contribution in [1.82, 2.24) is 30.0 Å². The van der Waals surface area contributed by atoms with Crippen molar-refractivity contribution in [2.24, 2.45) is 5.92 Å². The van der Waals surface area contributed by atoms with Gasteiger partial charge in [0.25, 0.3) is 0 Å². The van der Waals surface area contributed by atoms with Crippen LogP contribution in [0.25, 0.3) is 0 Å². The number of carbonyl (C=O) groups is 2. The number of nitrogens with one attached hydrogen (secondary N) is 2. The highest BCUT2D eigenvalue weighted by Crippen LogP contribution is 2.30. The number of rotatable bonds is 7. The average molecular weight is 590 g/mol. The number of amides is 2. The Balaban J connectivity index is 1.22. The van der Waals surface area contributed by atoms with Crippen molar-refractivity contribution in [3.05, 3.63) is 65.2 Å². The summed E-state index contributed by atoms with van der Waals surface area (Å²) in [7, 11) is 0. The number of aromatic amines is 1. The molecule has 0 saturated carbocycles. The van der Waals surface area contributed by atoms with Crippen LogP contribution in [-0.4, -0.2) is 73.9 Å². The normalized spacial score (nSPS) is 16.7. The second-order valence-electron chi connectivity index (χ2n) is 12.6. The molecule has 11 nitrogen and oxygen atoms in total. The number of ether oxygens (including phenoxy) is 2. The summed E-state index contributed by atoms with van der Waals surface area (Å²) in [6.07, 6.45) is 3.58. The molecule has 0 radical (unpaired) electrons. The number of aryl methyl sites for hydroxylation is 1. The van der Waals surface area contributed by atoms with Crippen LogP contribution in [0.4, 0.5) is 21.2 Å². The lowest BCUT2D eigenvalue weighted by Crippen LogP contribution is -2.42. The molecular weight excluding hydrogens is 546 g/mol. The molecule has 2 aliphatic heterocycles. The zero-order chi connectivity index (χ0) is 30.4. The first-order valence-corrected chi connectivity index (χ1v) is 15.2. The summed E-state index contributed by atoms with van der Waals surface area (Å²) in [6, 6.07) is 13.7. The third-order valence-corrected chi connectivity index (χ3v) is 7.85. The lowest BCUT2D eigenvalue weighted by Gasteiger charge is -2.33. The minimum absolute atomic E-state index is 0.133. The highest BCUT2D eigenvalue weighted by Gasteiger charge is 2.29. The van der Waals surface area contributed by atoms with Gasteiger partial charge in [0.15, 0.2) is 5.82 Å². The molecule has 2 aromatic heterocycles. The van der Waals surface area contributed by atoms with E-state index in [0.29, 0.717) is 43.7 Å². The summed E-state index contributed by atoms with van der Waals surface area (Å²) in [5.74, 6) is 2.74. The molecule has 2 saturated heterocycles. The van der Waals surface area contributed by atoms with Gasteiger partial charge in [0.2, 0.25) is 0 Å². The third kappa shape index (κ3) is 8.68. The molecule has 0 unspecified atom stereocenters. The molecule has 1 aromatic carbocycles. The molecular formula is C32H43N7O4. The van der Waals surface area contributed by atoms with Crippen LogP contribution >= 0.6 is 0 Å². The maximum atomic E-state index is 12.7. The van der Waals surface area contributed by atoms with Crippen LogP contribution in [0.3, 0.4) is 0 Å². The van der Waals surface area contributed by atoms with Gasteiger partial charge in [-0.2, -0.15) is 5.10 Å². The van der Waals surface area contributed by atoms with Gasteiger partial charge in [0, 0.05) is 55.6 Å². The predicted octanol–water partition coefficient (Wildman–Crippen LogP) is 5.96. The molecule has 2 amide bonds. The largest absolute Gasteiger partial charge is 0.445 e. The molecule has 43 heavy (non-hydrogen) atoms. The summed E-state index contributed by atoms with van der Waals surface area (Å²) in [6.45, 7) is 10.4. The zero-order valence-electron chi connectivity index (χ0n) is 25.6. The van der Waals surface area contributed by atoms with Gasteiger partial charge in [-0.25, -0.2) is 19.6 Å². The highest BCUT2D eigenvalue weighted by molar-refractivity contribution is 5.68. The Kier molecular flexibility index (Phi) is 9.47. The zero-order valence-corrected chi connectivity index (χ0v) is 25.6. The number of hydrogen-bond donors (Lipinski definition) is 2. The fourth-order valence-corrected chi connectivity index (χ4v) is 5.56. The molecule has 2 fully saturated rings. The number of carbonyl (C=O) groups excluding carboxylic acids is 2. The quantitative estimate of drug-likeness (QED) is 0.346. The van der Waals surface area contributed by atoms with E-state index in [4.69, 9.17) is 19.4 Å². The van der Waals surface area contributed by atoms with E-state index in [9.17, 15) is 9.59 Å². The first-order chi connectivity index (χ1) is 20.6. The van der Waals surface area contributed by atoms with Gasteiger partial charge in [-0.1, -0.05) is 30.3 Å². The van der Waals surface area contributed by atoms with Crippen LogP contribution in [0.2, 0.25) is 0 Å². The molecule has 5 rings (SSSR count). The van der Waals surface area contributed by atoms with Crippen LogP contribution in [0.1, 0.15) is 75.1 Å². The van der Waals surface area contributed by atoms with Crippen LogP contribution in [0.15, 0.2) is 42.5 Å². The first-order valence-electron chi connectivity index (χ1n) is 15.2. The summed E-state index contributed by atoms with van der Waals surface area (Å²) in [5.41, 5.74) is 2.40. The standard InChI is InChI=1S/C32H43N7O4/c1-22-18-28(37-36-22)34-27-20-26(19-23-10-14-39(15-11-23)31(41)43-32(2,3)4)33-29(35-27)25-12-16-38(17-13-25)30(40)42-21-24-8-6-5-7-9-24/h5-9,18,20,23,25H,10-17,19,21H2,1-4H3,(H2,33,34,35,36,37). The molecule has 3 aromatic rings. The Morgan fingerprint density at radius 3 is 2.26 bits per heavy atom.